The molecule has 74 valence electrons. The van der Waals surface area contributed by atoms with E-state index in [4.69, 9.17) is 4.74 Å². The first-order valence-electron chi connectivity index (χ1n) is 4.88. The summed E-state index contributed by atoms with van der Waals surface area (Å²) >= 11 is 0. The van der Waals surface area contributed by atoms with E-state index in [1.54, 1.807) is 0 Å². The number of rotatable bonds is 1. The summed E-state index contributed by atoms with van der Waals surface area (Å²) in [7, 11) is 0. The summed E-state index contributed by atoms with van der Waals surface area (Å²) in [5.74, 6) is 0. The molecule has 0 amide bonds. The Labute approximate surface area is 83.8 Å². The van der Waals surface area contributed by atoms with Crippen molar-refractivity contribution in [2.75, 3.05) is 11.9 Å². The number of hydrogen-bond acceptors (Lipinski definition) is 3. The molecule has 1 unspecified atom stereocenters. The number of nitrogens with one attached hydrogen (secondary N) is 1. The highest BCUT2D eigenvalue weighted by Gasteiger charge is 2.12. The van der Waals surface area contributed by atoms with Crippen LogP contribution >= 0.6 is 0 Å². The third kappa shape index (κ3) is 2.25. The lowest BCUT2D eigenvalue weighted by Gasteiger charge is -2.20. The fourth-order valence-electron chi connectivity index (χ4n) is 1.35. The number of hydrogen-bond donors (Lipinski definition) is 1. The summed E-state index contributed by atoms with van der Waals surface area (Å²) in [6.07, 6.45) is 1.26. The molecule has 0 spiro atoms. The molecule has 0 radical (unpaired) electrons. The first kappa shape index (κ1) is 9.06. The van der Waals surface area contributed by atoms with Crippen LogP contribution in [0.1, 0.15) is 13.3 Å². The van der Waals surface area contributed by atoms with E-state index in [0.29, 0.717) is 6.02 Å². The Kier molecular flexibility index (Phi) is 2.68. The summed E-state index contributed by atoms with van der Waals surface area (Å²) in [6, 6.07) is 10.6. The second-order valence-electron chi connectivity index (χ2n) is 3.40. The van der Waals surface area contributed by atoms with Gasteiger partial charge in [-0.05, 0) is 19.1 Å². The van der Waals surface area contributed by atoms with Crippen LogP contribution in [0.3, 0.4) is 0 Å². The molecule has 0 saturated heterocycles. The number of amidine groups is 1. The summed E-state index contributed by atoms with van der Waals surface area (Å²) in [5.41, 5.74) is 1.01. The van der Waals surface area contributed by atoms with Gasteiger partial charge in [-0.15, -0.1) is 0 Å². The second kappa shape index (κ2) is 4.13. The number of anilines is 1. The van der Waals surface area contributed by atoms with Crippen molar-refractivity contribution in [1.82, 2.24) is 0 Å². The SMILES string of the molecule is CC1CCN=C(Nc2ccccc2)O1. The maximum atomic E-state index is 5.53. The van der Waals surface area contributed by atoms with E-state index in [9.17, 15) is 0 Å². The molecule has 3 nitrogen and oxygen atoms in total. The zero-order chi connectivity index (χ0) is 9.80. The molecule has 1 heterocycles. The van der Waals surface area contributed by atoms with Crippen LogP contribution in [-0.2, 0) is 4.74 Å². The van der Waals surface area contributed by atoms with E-state index in [-0.39, 0.29) is 6.10 Å². The average molecular weight is 190 g/mol. The summed E-state index contributed by atoms with van der Waals surface area (Å²) < 4.78 is 5.53. The van der Waals surface area contributed by atoms with Crippen LogP contribution in [0.25, 0.3) is 0 Å². The molecule has 0 bridgehead atoms. The van der Waals surface area contributed by atoms with Crippen LogP contribution in [0.4, 0.5) is 5.69 Å². The van der Waals surface area contributed by atoms with Gasteiger partial charge in [0.15, 0.2) is 0 Å². The molecule has 0 saturated carbocycles. The number of benzene rings is 1. The predicted molar refractivity (Wildman–Crippen MR) is 57.5 cm³/mol. The monoisotopic (exact) mass is 190 g/mol. The minimum Gasteiger partial charge on any atom is -0.462 e. The van der Waals surface area contributed by atoms with Crippen molar-refractivity contribution in [2.45, 2.75) is 19.4 Å². The van der Waals surface area contributed by atoms with Crippen LogP contribution in [0.5, 0.6) is 0 Å². The number of nitrogens with zero attached hydrogens (tertiary/aromatic N) is 1. The van der Waals surface area contributed by atoms with E-state index < -0.39 is 0 Å². The Morgan fingerprint density at radius 2 is 2.14 bits per heavy atom. The summed E-state index contributed by atoms with van der Waals surface area (Å²) in [5, 5.41) is 3.14. The first-order valence-corrected chi connectivity index (χ1v) is 4.88. The molecule has 0 aromatic heterocycles. The van der Waals surface area contributed by atoms with Crippen LogP contribution in [0.2, 0.25) is 0 Å². The maximum Gasteiger partial charge on any atom is 0.289 e. The van der Waals surface area contributed by atoms with Gasteiger partial charge in [0.2, 0.25) is 0 Å². The molecule has 1 atom stereocenters. The lowest BCUT2D eigenvalue weighted by molar-refractivity contribution is 0.185. The molecule has 0 aliphatic carbocycles. The highest BCUT2D eigenvalue weighted by Crippen LogP contribution is 2.10. The molecule has 1 aliphatic rings. The van der Waals surface area contributed by atoms with Gasteiger partial charge in [0.05, 0.1) is 0 Å². The smallest absolute Gasteiger partial charge is 0.289 e. The topological polar surface area (TPSA) is 33.6 Å². The van der Waals surface area contributed by atoms with Crippen LogP contribution in [-0.4, -0.2) is 18.7 Å². The van der Waals surface area contributed by atoms with Gasteiger partial charge in [-0.25, -0.2) is 4.99 Å². The Morgan fingerprint density at radius 1 is 1.36 bits per heavy atom. The van der Waals surface area contributed by atoms with E-state index in [2.05, 4.69) is 17.2 Å². The number of aliphatic imine (C=N–C) groups is 1. The van der Waals surface area contributed by atoms with E-state index in [0.717, 1.165) is 18.7 Å². The Hall–Kier alpha value is -1.51. The molecule has 1 N–H and O–H groups in total. The predicted octanol–water partition coefficient (Wildman–Crippen LogP) is 2.26. The van der Waals surface area contributed by atoms with Crippen molar-refractivity contribution in [3.05, 3.63) is 30.3 Å². The normalized spacial score (nSPS) is 20.9. The Bertz CT molecular complexity index is 321. The number of para-hydroxylation sites is 1. The van der Waals surface area contributed by atoms with E-state index >= 15 is 0 Å². The summed E-state index contributed by atoms with van der Waals surface area (Å²) in [4.78, 5) is 4.26. The first-order chi connectivity index (χ1) is 6.84. The minimum atomic E-state index is 0.263. The van der Waals surface area contributed by atoms with Gasteiger partial charge in [0, 0.05) is 18.7 Å². The Morgan fingerprint density at radius 3 is 2.86 bits per heavy atom. The quantitative estimate of drug-likeness (QED) is 0.737. The van der Waals surface area contributed by atoms with Gasteiger partial charge in [-0.3, -0.25) is 0 Å². The second-order valence-corrected chi connectivity index (χ2v) is 3.40. The van der Waals surface area contributed by atoms with Crippen molar-refractivity contribution in [3.63, 3.8) is 0 Å². The largest absolute Gasteiger partial charge is 0.462 e. The maximum absolute atomic E-state index is 5.53. The van der Waals surface area contributed by atoms with Gasteiger partial charge in [-0.1, -0.05) is 18.2 Å². The Balaban J connectivity index is 2.01. The third-order valence-corrected chi connectivity index (χ3v) is 2.13. The van der Waals surface area contributed by atoms with Crippen LogP contribution in [0, 0.1) is 0 Å². The molecule has 1 aromatic rings. The summed E-state index contributed by atoms with van der Waals surface area (Å²) in [6.45, 7) is 2.90. The third-order valence-electron chi connectivity index (χ3n) is 2.13. The molecule has 14 heavy (non-hydrogen) atoms. The molecular weight excluding hydrogens is 176 g/mol. The fourth-order valence-corrected chi connectivity index (χ4v) is 1.35. The van der Waals surface area contributed by atoms with Crippen LogP contribution < -0.4 is 5.32 Å². The zero-order valence-corrected chi connectivity index (χ0v) is 8.23. The van der Waals surface area contributed by atoms with Gasteiger partial charge >= 0.3 is 0 Å². The molecule has 1 aliphatic heterocycles. The van der Waals surface area contributed by atoms with E-state index in [1.807, 2.05) is 30.3 Å². The zero-order valence-electron chi connectivity index (χ0n) is 8.23. The lowest BCUT2D eigenvalue weighted by atomic mass is 10.3. The van der Waals surface area contributed by atoms with Crippen molar-refractivity contribution in [1.29, 1.82) is 0 Å². The van der Waals surface area contributed by atoms with Crippen molar-refractivity contribution in [2.24, 2.45) is 4.99 Å². The molecule has 0 fully saturated rings. The lowest BCUT2D eigenvalue weighted by Crippen LogP contribution is -2.27. The molecule has 2 rings (SSSR count). The van der Waals surface area contributed by atoms with Gasteiger partial charge < -0.3 is 10.1 Å². The number of ether oxygens (including phenoxy) is 1. The van der Waals surface area contributed by atoms with Crippen molar-refractivity contribution in [3.8, 4) is 0 Å². The average Bonchev–Trinajstić information content (AvgIpc) is 2.19. The fraction of sp³-hybridized carbons (Fsp3) is 0.364. The minimum absolute atomic E-state index is 0.263. The molecule has 1 aromatic carbocycles. The van der Waals surface area contributed by atoms with Crippen molar-refractivity contribution >= 4 is 11.7 Å². The standard InChI is InChI=1S/C11H14N2O/c1-9-7-8-12-11(14-9)13-10-5-3-2-4-6-10/h2-6,9H,7-8H2,1H3,(H,12,13). The molecular formula is C11H14N2O. The highest BCUT2D eigenvalue weighted by atomic mass is 16.5. The highest BCUT2D eigenvalue weighted by molar-refractivity contribution is 5.89. The molecule has 3 heteroatoms. The van der Waals surface area contributed by atoms with Gasteiger partial charge in [0.25, 0.3) is 6.02 Å². The van der Waals surface area contributed by atoms with E-state index in [1.165, 1.54) is 0 Å². The van der Waals surface area contributed by atoms with Gasteiger partial charge in [-0.2, -0.15) is 0 Å². The van der Waals surface area contributed by atoms with Crippen LogP contribution in [0.15, 0.2) is 35.3 Å². The van der Waals surface area contributed by atoms with Gasteiger partial charge in [0.1, 0.15) is 6.10 Å². The van der Waals surface area contributed by atoms with Crippen molar-refractivity contribution < 1.29 is 4.74 Å².